The van der Waals surface area contributed by atoms with Crippen LogP contribution < -0.4 is 0 Å². The predicted molar refractivity (Wildman–Crippen MR) is 76.0 cm³/mol. The Morgan fingerprint density at radius 3 is 2.56 bits per heavy atom. The number of hydrogen-bond donors (Lipinski definition) is 1. The van der Waals surface area contributed by atoms with Gasteiger partial charge in [-0.2, -0.15) is 0 Å². The zero-order valence-corrected chi connectivity index (χ0v) is 12.5. The topological polar surface area (TPSA) is 42.2 Å². The van der Waals surface area contributed by atoms with Crippen LogP contribution in [0, 0.1) is 6.92 Å². The molecule has 2 aromatic rings. The summed E-state index contributed by atoms with van der Waals surface area (Å²) in [4.78, 5) is 11.5. The lowest BCUT2D eigenvalue weighted by atomic mass is 9.83. The van der Waals surface area contributed by atoms with E-state index in [1.54, 1.807) is 13.8 Å². The van der Waals surface area contributed by atoms with Gasteiger partial charge in [-0.3, -0.25) is 4.79 Å². The molecule has 0 saturated carbocycles. The highest BCUT2D eigenvalue weighted by Crippen LogP contribution is 2.36. The summed E-state index contributed by atoms with van der Waals surface area (Å²) in [5, 5.41) is 10.4. The van der Waals surface area contributed by atoms with Crippen LogP contribution in [0.25, 0.3) is 10.9 Å². The van der Waals surface area contributed by atoms with Gasteiger partial charge in [0.15, 0.2) is 0 Å². The number of fused-ring (bicyclic) bond motifs is 1. The number of aryl methyl sites for hydroxylation is 1. The molecule has 0 spiro atoms. The average Bonchev–Trinajstić information content (AvgIpc) is 2.51. The van der Waals surface area contributed by atoms with E-state index in [4.69, 9.17) is 0 Å². The van der Waals surface area contributed by atoms with Crippen molar-refractivity contribution >= 4 is 32.8 Å². The van der Waals surface area contributed by atoms with Crippen LogP contribution in [0.2, 0.25) is 0 Å². The van der Waals surface area contributed by atoms with Gasteiger partial charge in [0.05, 0.1) is 5.41 Å². The summed E-state index contributed by atoms with van der Waals surface area (Å²) in [6.45, 7) is 5.46. The Balaban J connectivity index is 2.90. The molecule has 0 unspecified atom stereocenters. The molecule has 1 heterocycles. The van der Waals surface area contributed by atoms with Crippen LogP contribution in [-0.2, 0) is 17.3 Å². The van der Waals surface area contributed by atoms with Gasteiger partial charge in [0, 0.05) is 28.1 Å². The SMILES string of the molecule is Cc1c(C(C)(C)C(=O)O)c2cc(Br)ccc2n1C. The molecule has 2 rings (SSSR count). The standard InChI is InChI=1S/C14H16BrNO2/c1-8-12(14(2,3)13(17)18)10-7-9(15)5-6-11(10)16(8)4/h5-7H,1-4H3,(H,17,18). The third-order valence-electron chi connectivity index (χ3n) is 3.61. The average molecular weight is 310 g/mol. The second-order valence-electron chi connectivity index (χ2n) is 5.11. The van der Waals surface area contributed by atoms with Crippen LogP contribution in [0.1, 0.15) is 25.1 Å². The van der Waals surface area contributed by atoms with Crippen molar-refractivity contribution in [2.24, 2.45) is 7.05 Å². The summed E-state index contributed by atoms with van der Waals surface area (Å²) in [5.41, 5.74) is 2.04. The highest BCUT2D eigenvalue weighted by atomic mass is 79.9. The molecule has 0 amide bonds. The first kappa shape index (κ1) is 13.1. The lowest BCUT2D eigenvalue weighted by Gasteiger charge is -2.20. The molecular weight excluding hydrogens is 294 g/mol. The molecule has 0 bridgehead atoms. The highest BCUT2D eigenvalue weighted by Gasteiger charge is 2.34. The van der Waals surface area contributed by atoms with Gasteiger partial charge in [-0.05, 0) is 44.5 Å². The Bertz CT molecular complexity index is 641. The van der Waals surface area contributed by atoms with Crippen molar-refractivity contribution in [2.45, 2.75) is 26.2 Å². The fourth-order valence-corrected chi connectivity index (χ4v) is 2.80. The molecule has 96 valence electrons. The van der Waals surface area contributed by atoms with E-state index in [0.717, 1.165) is 26.6 Å². The van der Waals surface area contributed by atoms with E-state index in [1.807, 2.05) is 36.7 Å². The number of benzene rings is 1. The molecule has 4 heteroatoms. The van der Waals surface area contributed by atoms with Gasteiger partial charge >= 0.3 is 5.97 Å². The van der Waals surface area contributed by atoms with E-state index < -0.39 is 11.4 Å². The number of aliphatic carboxylic acids is 1. The van der Waals surface area contributed by atoms with Gasteiger partial charge in [0.25, 0.3) is 0 Å². The van der Waals surface area contributed by atoms with Crippen molar-refractivity contribution in [3.05, 3.63) is 33.9 Å². The lowest BCUT2D eigenvalue weighted by molar-refractivity contribution is -0.142. The Morgan fingerprint density at radius 1 is 1.39 bits per heavy atom. The summed E-state index contributed by atoms with van der Waals surface area (Å²) in [6.07, 6.45) is 0. The van der Waals surface area contributed by atoms with Crippen molar-refractivity contribution in [1.82, 2.24) is 4.57 Å². The first-order valence-corrected chi connectivity index (χ1v) is 6.54. The van der Waals surface area contributed by atoms with Crippen LogP contribution in [0.15, 0.2) is 22.7 Å². The maximum absolute atomic E-state index is 11.5. The molecule has 3 nitrogen and oxygen atoms in total. The molecule has 0 radical (unpaired) electrons. The molecule has 1 aromatic carbocycles. The smallest absolute Gasteiger partial charge is 0.313 e. The minimum Gasteiger partial charge on any atom is -0.481 e. The summed E-state index contributed by atoms with van der Waals surface area (Å²) in [6, 6.07) is 5.97. The minimum atomic E-state index is -0.898. The van der Waals surface area contributed by atoms with Crippen LogP contribution in [0.5, 0.6) is 0 Å². The molecule has 0 aliphatic rings. The Kier molecular flexibility index (Phi) is 3.01. The summed E-state index contributed by atoms with van der Waals surface area (Å²) in [5.74, 6) is -0.807. The zero-order valence-electron chi connectivity index (χ0n) is 10.9. The number of rotatable bonds is 2. The number of nitrogens with zero attached hydrogens (tertiary/aromatic N) is 1. The normalized spacial score (nSPS) is 12.1. The van der Waals surface area contributed by atoms with Crippen molar-refractivity contribution in [3.8, 4) is 0 Å². The summed E-state index contributed by atoms with van der Waals surface area (Å²) in [7, 11) is 1.97. The first-order valence-electron chi connectivity index (χ1n) is 5.75. The molecule has 0 aliphatic heterocycles. The van der Waals surface area contributed by atoms with Gasteiger partial charge in [0.2, 0.25) is 0 Å². The second kappa shape index (κ2) is 4.12. The maximum atomic E-state index is 11.5. The van der Waals surface area contributed by atoms with E-state index in [1.165, 1.54) is 0 Å². The molecule has 0 atom stereocenters. The Hall–Kier alpha value is -1.29. The van der Waals surface area contributed by atoms with Crippen LogP contribution in [-0.4, -0.2) is 15.6 Å². The van der Waals surface area contributed by atoms with Crippen molar-refractivity contribution in [1.29, 1.82) is 0 Å². The molecule has 0 fully saturated rings. The van der Waals surface area contributed by atoms with Gasteiger partial charge < -0.3 is 9.67 Å². The monoisotopic (exact) mass is 309 g/mol. The number of carboxylic acids is 1. The molecule has 0 saturated heterocycles. The highest BCUT2D eigenvalue weighted by molar-refractivity contribution is 9.10. The number of aromatic nitrogens is 1. The molecule has 18 heavy (non-hydrogen) atoms. The Labute approximate surface area is 115 Å². The molecule has 0 aliphatic carbocycles. The van der Waals surface area contributed by atoms with Crippen molar-refractivity contribution in [2.75, 3.05) is 0 Å². The van der Waals surface area contributed by atoms with Crippen molar-refractivity contribution < 1.29 is 9.90 Å². The van der Waals surface area contributed by atoms with Crippen molar-refractivity contribution in [3.63, 3.8) is 0 Å². The van der Waals surface area contributed by atoms with E-state index in [2.05, 4.69) is 15.9 Å². The quantitative estimate of drug-likeness (QED) is 0.920. The van der Waals surface area contributed by atoms with Crippen LogP contribution in [0.4, 0.5) is 0 Å². The van der Waals surface area contributed by atoms with Crippen LogP contribution in [0.3, 0.4) is 0 Å². The number of carboxylic acid groups (broad SMARTS) is 1. The zero-order chi connectivity index (χ0) is 13.7. The second-order valence-corrected chi connectivity index (χ2v) is 6.03. The summed E-state index contributed by atoms with van der Waals surface area (Å²) >= 11 is 3.45. The largest absolute Gasteiger partial charge is 0.481 e. The van der Waals surface area contributed by atoms with E-state index >= 15 is 0 Å². The number of carbonyl (C=O) groups is 1. The number of hydrogen-bond acceptors (Lipinski definition) is 1. The lowest BCUT2D eigenvalue weighted by Crippen LogP contribution is -2.29. The van der Waals surface area contributed by atoms with Gasteiger partial charge in [-0.15, -0.1) is 0 Å². The first-order chi connectivity index (χ1) is 8.26. The van der Waals surface area contributed by atoms with Gasteiger partial charge in [-0.25, -0.2) is 0 Å². The Morgan fingerprint density at radius 2 is 2.00 bits per heavy atom. The van der Waals surface area contributed by atoms with E-state index in [9.17, 15) is 9.90 Å². The summed E-state index contributed by atoms with van der Waals surface area (Å²) < 4.78 is 3.00. The number of halogens is 1. The molecule has 1 N–H and O–H groups in total. The fraction of sp³-hybridized carbons (Fsp3) is 0.357. The van der Waals surface area contributed by atoms with Gasteiger partial charge in [-0.1, -0.05) is 15.9 Å². The van der Waals surface area contributed by atoms with Gasteiger partial charge in [0.1, 0.15) is 0 Å². The minimum absolute atomic E-state index is 0.807. The third kappa shape index (κ3) is 1.75. The predicted octanol–water partition coefficient (Wildman–Crippen LogP) is 3.61. The molecular formula is C14H16BrNO2. The van der Waals surface area contributed by atoms with Crippen LogP contribution >= 0.6 is 15.9 Å². The van der Waals surface area contributed by atoms with E-state index in [-0.39, 0.29) is 0 Å². The third-order valence-corrected chi connectivity index (χ3v) is 4.11. The fourth-order valence-electron chi connectivity index (χ4n) is 2.44. The molecule has 1 aromatic heterocycles. The van der Waals surface area contributed by atoms with E-state index in [0.29, 0.717) is 0 Å². The maximum Gasteiger partial charge on any atom is 0.313 e.